The van der Waals surface area contributed by atoms with E-state index in [-0.39, 0.29) is 6.54 Å². The Balaban J connectivity index is 3.54. The summed E-state index contributed by atoms with van der Waals surface area (Å²) >= 11 is 0. The van der Waals surface area contributed by atoms with Crippen LogP contribution >= 0.6 is 0 Å². The van der Waals surface area contributed by atoms with Gasteiger partial charge in [-0.05, 0) is 0 Å². The molecule has 1 atom stereocenters. The number of nitrogens with one attached hydrogen (secondary N) is 1. The molecule has 0 fully saturated rings. The number of methoxy groups -OCH3 is 1. The van der Waals surface area contributed by atoms with Crippen LogP contribution in [0.1, 0.15) is 0 Å². The maximum absolute atomic E-state index is 10.3. The first-order valence-electron chi connectivity index (χ1n) is 2.80. The minimum Gasteiger partial charge on any atom is -0.479 e. The van der Waals surface area contributed by atoms with Gasteiger partial charge in [0.2, 0.25) is 0 Å². The van der Waals surface area contributed by atoms with Gasteiger partial charge in [0.1, 0.15) is 0 Å². The summed E-state index contributed by atoms with van der Waals surface area (Å²) in [6, 6.07) is 0. The van der Waals surface area contributed by atoms with Crippen LogP contribution in [0.25, 0.3) is 0 Å². The van der Waals surface area contributed by atoms with Crippen LogP contribution in [-0.2, 0) is 9.53 Å². The molecular weight excluding hydrogens is 154 g/mol. The van der Waals surface area contributed by atoms with Gasteiger partial charge in [0.15, 0.2) is 6.10 Å². The van der Waals surface area contributed by atoms with E-state index in [9.17, 15) is 9.59 Å². The highest BCUT2D eigenvalue weighted by Gasteiger charge is 2.13. The number of alkyl carbamates (subject to hydrolysis) is 1. The lowest BCUT2D eigenvalue weighted by molar-refractivity contribution is -0.146. The second-order valence-corrected chi connectivity index (χ2v) is 1.73. The Bertz CT molecular complexity index is 157. The number of carboxylic acid groups (broad SMARTS) is 1. The molecule has 0 unspecified atom stereocenters. The predicted molar refractivity (Wildman–Crippen MR) is 34.1 cm³/mol. The van der Waals surface area contributed by atoms with Gasteiger partial charge in [-0.15, -0.1) is 0 Å². The lowest BCUT2D eigenvalue weighted by Crippen LogP contribution is -2.36. The van der Waals surface area contributed by atoms with Crippen molar-refractivity contribution in [1.29, 1.82) is 0 Å². The lowest BCUT2D eigenvalue weighted by atomic mass is 10.4. The molecule has 0 aromatic heterocycles. The molecule has 0 aliphatic heterocycles. The van der Waals surface area contributed by atoms with Crippen LogP contribution in [0.4, 0.5) is 4.79 Å². The number of carbonyl (C=O) groups is 2. The Morgan fingerprint density at radius 3 is 2.55 bits per heavy atom. The fourth-order valence-corrected chi connectivity index (χ4v) is 0.339. The molecule has 0 aromatic carbocycles. The zero-order valence-electron chi connectivity index (χ0n) is 5.90. The maximum Gasteiger partial charge on any atom is 0.406 e. The molecule has 6 nitrogen and oxygen atoms in total. The van der Waals surface area contributed by atoms with Crippen molar-refractivity contribution in [3.05, 3.63) is 0 Å². The number of amides is 1. The minimum atomic E-state index is -1.59. The first kappa shape index (κ1) is 9.70. The Kier molecular flexibility index (Phi) is 3.97. The minimum absolute atomic E-state index is 0.359. The van der Waals surface area contributed by atoms with Crippen molar-refractivity contribution in [1.82, 2.24) is 5.32 Å². The molecule has 0 radical (unpaired) electrons. The van der Waals surface area contributed by atoms with Gasteiger partial charge in [-0.3, -0.25) is 0 Å². The quantitative estimate of drug-likeness (QED) is 0.485. The number of ether oxygens (including phenoxy) is 1. The smallest absolute Gasteiger partial charge is 0.406 e. The monoisotopic (exact) mass is 163 g/mol. The molecule has 0 saturated carbocycles. The molecule has 11 heavy (non-hydrogen) atoms. The molecule has 0 bridgehead atoms. The topological polar surface area (TPSA) is 95.9 Å². The molecule has 0 heterocycles. The molecule has 0 spiro atoms. The van der Waals surface area contributed by atoms with Crippen molar-refractivity contribution in [2.75, 3.05) is 13.7 Å². The van der Waals surface area contributed by atoms with Crippen LogP contribution < -0.4 is 5.32 Å². The summed E-state index contributed by atoms with van der Waals surface area (Å²) in [6.07, 6.45) is -2.36. The Morgan fingerprint density at radius 1 is 1.64 bits per heavy atom. The van der Waals surface area contributed by atoms with E-state index in [0.717, 1.165) is 7.11 Å². The fourth-order valence-electron chi connectivity index (χ4n) is 0.339. The number of hydrogen-bond donors (Lipinski definition) is 3. The highest BCUT2D eigenvalue weighted by atomic mass is 16.5. The van der Waals surface area contributed by atoms with E-state index in [1.807, 2.05) is 5.32 Å². The third kappa shape index (κ3) is 4.15. The van der Waals surface area contributed by atoms with E-state index in [2.05, 4.69) is 4.74 Å². The normalized spacial score (nSPS) is 11.8. The lowest BCUT2D eigenvalue weighted by Gasteiger charge is -2.05. The van der Waals surface area contributed by atoms with E-state index in [0.29, 0.717) is 0 Å². The van der Waals surface area contributed by atoms with Gasteiger partial charge in [-0.25, -0.2) is 9.59 Å². The van der Waals surface area contributed by atoms with Crippen molar-refractivity contribution in [2.24, 2.45) is 0 Å². The van der Waals surface area contributed by atoms with E-state index in [1.165, 1.54) is 0 Å². The number of carbonyl (C=O) groups excluding carboxylic acids is 1. The zero-order valence-corrected chi connectivity index (χ0v) is 5.90. The molecule has 0 aliphatic rings. The van der Waals surface area contributed by atoms with E-state index in [1.54, 1.807) is 0 Å². The molecular formula is C5H9NO5. The highest BCUT2D eigenvalue weighted by molar-refractivity contribution is 5.74. The average molecular weight is 163 g/mol. The molecule has 64 valence electrons. The maximum atomic E-state index is 10.3. The molecule has 1 amide bonds. The van der Waals surface area contributed by atoms with Crippen LogP contribution in [0.15, 0.2) is 0 Å². The van der Waals surface area contributed by atoms with Crippen LogP contribution in [0, 0.1) is 0 Å². The molecule has 3 N–H and O–H groups in total. The Morgan fingerprint density at radius 2 is 2.18 bits per heavy atom. The summed E-state index contributed by atoms with van der Waals surface area (Å²) in [6.45, 7) is -0.359. The van der Waals surface area contributed by atoms with Gasteiger partial charge < -0.3 is 20.3 Å². The number of aliphatic hydroxyl groups is 1. The number of hydrogen-bond acceptors (Lipinski definition) is 4. The van der Waals surface area contributed by atoms with Gasteiger partial charge in [0.25, 0.3) is 0 Å². The van der Waals surface area contributed by atoms with Gasteiger partial charge in [0.05, 0.1) is 13.7 Å². The van der Waals surface area contributed by atoms with E-state index < -0.39 is 18.2 Å². The SMILES string of the molecule is COC(=O)NC[C@H](O)C(=O)O. The van der Waals surface area contributed by atoms with Gasteiger partial charge in [-0.1, -0.05) is 0 Å². The summed E-state index contributed by atoms with van der Waals surface area (Å²) in [5, 5.41) is 18.7. The second-order valence-electron chi connectivity index (χ2n) is 1.73. The van der Waals surface area contributed by atoms with Crippen LogP contribution in [0.5, 0.6) is 0 Å². The second kappa shape index (κ2) is 4.51. The van der Waals surface area contributed by atoms with Crippen LogP contribution in [0.3, 0.4) is 0 Å². The highest BCUT2D eigenvalue weighted by Crippen LogP contribution is 1.80. The van der Waals surface area contributed by atoms with Gasteiger partial charge in [0, 0.05) is 0 Å². The van der Waals surface area contributed by atoms with E-state index >= 15 is 0 Å². The Hall–Kier alpha value is -1.30. The first-order valence-corrected chi connectivity index (χ1v) is 2.80. The fraction of sp³-hybridized carbons (Fsp3) is 0.600. The van der Waals surface area contributed by atoms with Gasteiger partial charge >= 0.3 is 12.1 Å². The summed E-state index contributed by atoms with van der Waals surface area (Å²) in [7, 11) is 1.14. The molecule has 0 rings (SSSR count). The largest absolute Gasteiger partial charge is 0.479 e. The number of rotatable bonds is 3. The Labute approximate surface area is 62.8 Å². The van der Waals surface area contributed by atoms with Crippen molar-refractivity contribution in [3.63, 3.8) is 0 Å². The van der Waals surface area contributed by atoms with Gasteiger partial charge in [-0.2, -0.15) is 0 Å². The molecule has 0 aromatic rings. The standard InChI is InChI=1S/C5H9NO5/c1-11-5(10)6-2-3(7)4(8)9/h3,7H,2H2,1H3,(H,6,10)(H,8,9)/t3-/m0/s1. The van der Waals surface area contributed by atoms with Crippen LogP contribution in [-0.4, -0.2) is 42.0 Å². The molecule has 0 saturated heterocycles. The zero-order chi connectivity index (χ0) is 8.85. The van der Waals surface area contributed by atoms with Crippen LogP contribution in [0.2, 0.25) is 0 Å². The van der Waals surface area contributed by atoms with Crippen molar-refractivity contribution >= 4 is 12.1 Å². The van der Waals surface area contributed by atoms with Crippen molar-refractivity contribution < 1.29 is 24.5 Å². The molecule has 6 heteroatoms. The summed E-state index contributed by atoms with van der Waals surface area (Å²) < 4.78 is 4.13. The number of aliphatic carboxylic acids is 1. The number of carboxylic acids is 1. The predicted octanol–water partition coefficient (Wildman–Crippen LogP) is -1.21. The summed E-state index contributed by atoms with van der Waals surface area (Å²) in [4.78, 5) is 20.3. The van der Waals surface area contributed by atoms with E-state index in [4.69, 9.17) is 10.2 Å². The summed E-state index contributed by atoms with van der Waals surface area (Å²) in [5.74, 6) is -1.39. The summed E-state index contributed by atoms with van der Waals surface area (Å²) in [5.41, 5.74) is 0. The third-order valence-electron chi connectivity index (χ3n) is 0.910. The third-order valence-corrected chi connectivity index (χ3v) is 0.910. The first-order chi connectivity index (χ1) is 5.07. The number of aliphatic hydroxyl groups excluding tert-OH is 1. The molecule has 0 aliphatic carbocycles. The van der Waals surface area contributed by atoms with Crippen molar-refractivity contribution in [2.45, 2.75) is 6.10 Å². The van der Waals surface area contributed by atoms with Crippen molar-refractivity contribution in [3.8, 4) is 0 Å². The average Bonchev–Trinajstić information content (AvgIpc) is 1.99.